The Kier molecular flexibility index (Phi) is 10.1. The standard InChI is InChI=1S/C20H28O5/c1-2-3-4-5-6-7-10-16-11-8-12-17(15-16)25-14-9-13-18(19(21)22)20(23)24/h7-8,10-12,15,18H,2-6,9,13-14H2,1H3,(H,21,22)(H,23,24)/b10-7-. The van der Waals surface area contributed by atoms with Gasteiger partial charge in [-0.1, -0.05) is 50.5 Å². The van der Waals surface area contributed by atoms with Crippen molar-refractivity contribution in [2.24, 2.45) is 5.92 Å². The van der Waals surface area contributed by atoms with Crippen LogP contribution >= 0.6 is 0 Å². The Bertz CT molecular complexity index is 551. The van der Waals surface area contributed by atoms with Crippen LogP contribution in [0.25, 0.3) is 6.08 Å². The number of allylic oxidation sites excluding steroid dienone is 1. The Morgan fingerprint density at radius 1 is 1.12 bits per heavy atom. The Morgan fingerprint density at radius 3 is 2.56 bits per heavy atom. The third-order valence-corrected chi connectivity index (χ3v) is 3.89. The molecule has 0 aliphatic rings. The van der Waals surface area contributed by atoms with E-state index in [9.17, 15) is 9.59 Å². The summed E-state index contributed by atoms with van der Waals surface area (Å²) in [5.74, 6) is -3.28. The number of carboxylic acids is 2. The first-order valence-corrected chi connectivity index (χ1v) is 8.89. The molecule has 0 bridgehead atoms. The van der Waals surface area contributed by atoms with E-state index in [0.29, 0.717) is 18.8 Å². The van der Waals surface area contributed by atoms with Gasteiger partial charge in [0.05, 0.1) is 6.61 Å². The minimum atomic E-state index is -1.37. The summed E-state index contributed by atoms with van der Waals surface area (Å²) in [6.07, 6.45) is 10.7. The summed E-state index contributed by atoms with van der Waals surface area (Å²) in [4.78, 5) is 21.6. The third kappa shape index (κ3) is 8.94. The van der Waals surface area contributed by atoms with E-state index in [0.717, 1.165) is 12.0 Å². The fourth-order valence-electron chi connectivity index (χ4n) is 2.45. The van der Waals surface area contributed by atoms with E-state index in [1.807, 2.05) is 24.3 Å². The lowest BCUT2D eigenvalue weighted by Crippen LogP contribution is -2.23. The van der Waals surface area contributed by atoms with Crippen LogP contribution < -0.4 is 4.74 Å². The molecule has 0 saturated heterocycles. The highest BCUT2D eigenvalue weighted by molar-refractivity contribution is 5.92. The number of carbonyl (C=O) groups is 2. The van der Waals surface area contributed by atoms with Crippen molar-refractivity contribution in [2.75, 3.05) is 6.61 Å². The fraction of sp³-hybridized carbons (Fsp3) is 0.500. The van der Waals surface area contributed by atoms with Gasteiger partial charge in [0.15, 0.2) is 5.92 Å². The van der Waals surface area contributed by atoms with Crippen molar-refractivity contribution in [3.8, 4) is 5.75 Å². The molecule has 5 nitrogen and oxygen atoms in total. The fourth-order valence-corrected chi connectivity index (χ4v) is 2.45. The molecule has 25 heavy (non-hydrogen) atoms. The average molecular weight is 348 g/mol. The maximum Gasteiger partial charge on any atom is 0.317 e. The van der Waals surface area contributed by atoms with Crippen LogP contribution in [-0.4, -0.2) is 28.8 Å². The summed E-state index contributed by atoms with van der Waals surface area (Å²) in [5.41, 5.74) is 1.06. The van der Waals surface area contributed by atoms with Crippen LogP contribution in [0.3, 0.4) is 0 Å². The van der Waals surface area contributed by atoms with Crippen molar-refractivity contribution in [3.63, 3.8) is 0 Å². The average Bonchev–Trinajstić information content (AvgIpc) is 2.57. The van der Waals surface area contributed by atoms with Crippen LogP contribution in [-0.2, 0) is 9.59 Å². The number of rotatable bonds is 13. The predicted octanol–water partition coefficient (Wildman–Crippen LogP) is 4.61. The highest BCUT2D eigenvalue weighted by Gasteiger charge is 2.24. The number of ether oxygens (including phenoxy) is 1. The van der Waals surface area contributed by atoms with E-state index in [1.165, 1.54) is 25.7 Å². The van der Waals surface area contributed by atoms with E-state index in [4.69, 9.17) is 14.9 Å². The molecule has 5 heteroatoms. The van der Waals surface area contributed by atoms with Gasteiger partial charge in [0, 0.05) is 0 Å². The van der Waals surface area contributed by atoms with Crippen LogP contribution in [0.1, 0.15) is 57.4 Å². The van der Waals surface area contributed by atoms with Gasteiger partial charge in [-0.3, -0.25) is 9.59 Å². The predicted molar refractivity (Wildman–Crippen MR) is 97.7 cm³/mol. The highest BCUT2D eigenvalue weighted by atomic mass is 16.5. The van der Waals surface area contributed by atoms with E-state index in [1.54, 1.807) is 0 Å². The Morgan fingerprint density at radius 2 is 1.88 bits per heavy atom. The summed E-state index contributed by atoms with van der Waals surface area (Å²) in [6.45, 7) is 2.49. The number of hydrogen-bond acceptors (Lipinski definition) is 3. The van der Waals surface area contributed by atoms with Crippen molar-refractivity contribution in [2.45, 2.75) is 51.9 Å². The molecule has 1 rings (SSSR count). The SMILES string of the molecule is CCCCCC/C=C\c1cccc(OCCCC(C(=O)O)C(=O)O)c1. The molecule has 1 aromatic carbocycles. The van der Waals surface area contributed by atoms with Gasteiger partial charge >= 0.3 is 11.9 Å². The summed E-state index contributed by atoms with van der Waals surface area (Å²) in [7, 11) is 0. The van der Waals surface area contributed by atoms with Crippen molar-refractivity contribution >= 4 is 18.0 Å². The zero-order valence-corrected chi connectivity index (χ0v) is 14.8. The van der Waals surface area contributed by atoms with Crippen LogP contribution in [0.2, 0.25) is 0 Å². The van der Waals surface area contributed by atoms with Gasteiger partial charge < -0.3 is 14.9 Å². The number of benzene rings is 1. The Balaban J connectivity index is 2.36. The molecule has 0 saturated carbocycles. The van der Waals surface area contributed by atoms with Gasteiger partial charge in [-0.15, -0.1) is 0 Å². The number of carboxylic acid groups (broad SMARTS) is 2. The largest absolute Gasteiger partial charge is 0.494 e. The van der Waals surface area contributed by atoms with Gasteiger partial charge in [-0.05, 0) is 43.4 Å². The normalized spacial score (nSPS) is 11.1. The molecule has 0 fully saturated rings. The smallest absolute Gasteiger partial charge is 0.317 e. The summed E-state index contributed by atoms with van der Waals surface area (Å²) >= 11 is 0. The minimum Gasteiger partial charge on any atom is -0.494 e. The van der Waals surface area contributed by atoms with Gasteiger partial charge in [0.25, 0.3) is 0 Å². The maximum absolute atomic E-state index is 10.8. The Labute approximate surface area is 149 Å². The minimum absolute atomic E-state index is 0.0576. The van der Waals surface area contributed by atoms with Gasteiger partial charge in [-0.25, -0.2) is 0 Å². The quantitative estimate of drug-likeness (QED) is 0.401. The van der Waals surface area contributed by atoms with Gasteiger partial charge in [-0.2, -0.15) is 0 Å². The number of aliphatic carboxylic acids is 2. The van der Waals surface area contributed by atoms with Gasteiger partial charge in [0.1, 0.15) is 5.75 Å². The van der Waals surface area contributed by atoms with Crippen LogP contribution in [0, 0.1) is 5.92 Å². The molecule has 2 N–H and O–H groups in total. The molecule has 0 aliphatic heterocycles. The monoisotopic (exact) mass is 348 g/mol. The molecule has 0 amide bonds. The zero-order valence-electron chi connectivity index (χ0n) is 14.8. The van der Waals surface area contributed by atoms with Crippen LogP contribution in [0.4, 0.5) is 0 Å². The summed E-state index contributed by atoms with van der Waals surface area (Å²) in [6, 6.07) is 7.67. The highest BCUT2D eigenvalue weighted by Crippen LogP contribution is 2.16. The van der Waals surface area contributed by atoms with Crippen LogP contribution in [0.5, 0.6) is 5.75 Å². The zero-order chi connectivity index (χ0) is 18.5. The van der Waals surface area contributed by atoms with Crippen LogP contribution in [0.15, 0.2) is 30.3 Å². The lowest BCUT2D eigenvalue weighted by molar-refractivity contribution is -0.154. The molecule has 1 aromatic rings. The summed E-state index contributed by atoms with van der Waals surface area (Å²) < 4.78 is 5.60. The van der Waals surface area contributed by atoms with Crippen molar-refractivity contribution < 1.29 is 24.5 Å². The first-order valence-electron chi connectivity index (χ1n) is 8.89. The second-order valence-corrected chi connectivity index (χ2v) is 6.04. The molecule has 138 valence electrons. The van der Waals surface area contributed by atoms with Crippen molar-refractivity contribution in [3.05, 3.63) is 35.9 Å². The maximum atomic E-state index is 10.8. The summed E-state index contributed by atoms with van der Waals surface area (Å²) in [5, 5.41) is 17.6. The first-order chi connectivity index (χ1) is 12.0. The van der Waals surface area contributed by atoms with E-state index in [-0.39, 0.29) is 6.42 Å². The lowest BCUT2D eigenvalue weighted by atomic mass is 10.0. The molecule has 0 aliphatic carbocycles. The molecular weight excluding hydrogens is 320 g/mol. The van der Waals surface area contributed by atoms with E-state index in [2.05, 4.69) is 19.1 Å². The van der Waals surface area contributed by atoms with E-state index >= 15 is 0 Å². The second-order valence-electron chi connectivity index (χ2n) is 6.04. The molecular formula is C20H28O5. The number of unbranched alkanes of at least 4 members (excludes halogenated alkanes) is 4. The van der Waals surface area contributed by atoms with Crippen molar-refractivity contribution in [1.29, 1.82) is 0 Å². The van der Waals surface area contributed by atoms with E-state index < -0.39 is 17.9 Å². The topological polar surface area (TPSA) is 83.8 Å². The molecule has 0 aromatic heterocycles. The molecule has 0 heterocycles. The molecule has 0 atom stereocenters. The van der Waals surface area contributed by atoms with Gasteiger partial charge in [0.2, 0.25) is 0 Å². The lowest BCUT2D eigenvalue weighted by Gasteiger charge is -2.09. The third-order valence-electron chi connectivity index (χ3n) is 3.89. The molecule has 0 spiro atoms. The Hall–Kier alpha value is -2.30. The van der Waals surface area contributed by atoms with Crippen molar-refractivity contribution in [1.82, 2.24) is 0 Å². The number of hydrogen-bond donors (Lipinski definition) is 2. The first kappa shape index (κ1) is 20.7. The second kappa shape index (κ2) is 12.1. The molecule has 0 radical (unpaired) electrons. The molecule has 0 unspecified atom stereocenters.